The molecular weight excluding hydrogens is 330 g/mol. The maximum Gasteiger partial charge on any atom is 0.338 e. The third-order valence-corrected chi connectivity index (χ3v) is 5.60. The molecule has 24 heavy (non-hydrogen) atoms. The SMILES string of the molecule is O=C(O)c1ccc(-n2ccc(OCC3C4CCC3CC4)n2)nc1Cl. The number of hydrogen-bond donors (Lipinski definition) is 1. The van der Waals surface area contributed by atoms with Crippen molar-refractivity contribution in [2.45, 2.75) is 25.7 Å². The van der Waals surface area contributed by atoms with E-state index in [0.29, 0.717) is 17.6 Å². The van der Waals surface area contributed by atoms with Gasteiger partial charge in [-0.3, -0.25) is 0 Å². The molecule has 126 valence electrons. The standard InChI is InChI=1S/C17H18ClN3O3/c18-16-12(17(22)23)5-6-14(19-16)21-8-7-15(20-21)24-9-13-10-1-2-11(13)4-3-10/h5-8,10-11,13H,1-4,9H2,(H,22,23). The Labute approximate surface area is 144 Å². The van der Waals surface area contributed by atoms with Crippen molar-refractivity contribution in [2.24, 2.45) is 17.8 Å². The predicted molar refractivity (Wildman–Crippen MR) is 87.8 cm³/mol. The number of halogens is 1. The molecule has 1 N–H and O–H groups in total. The molecule has 2 heterocycles. The molecular formula is C17H18ClN3O3. The summed E-state index contributed by atoms with van der Waals surface area (Å²) in [7, 11) is 0. The van der Waals surface area contributed by atoms with Crippen molar-refractivity contribution in [1.29, 1.82) is 0 Å². The Kier molecular flexibility index (Phi) is 3.92. The van der Waals surface area contributed by atoms with Crippen LogP contribution in [0.4, 0.5) is 0 Å². The second kappa shape index (κ2) is 6.09. The average Bonchev–Trinajstić information content (AvgIpc) is 3.28. The second-order valence-electron chi connectivity index (χ2n) is 6.56. The monoisotopic (exact) mass is 347 g/mol. The molecule has 2 aliphatic carbocycles. The number of pyridine rings is 1. The van der Waals surface area contributed by atoms with Crippen LogP contribution in [0.15, 0.2) is 24.4 Å². The number of ether oxygens (including phenoxy) is 1. The summed E-state index contributed by atoms with van der Waals surface area (Å²) in [6.07, 6.45) is 7.09. The Hall–Kier alpha value is -2.08. The molecule has 2 saturated carbocycles. The van der Waals surface area contributed by atoms with E-state index in [4.69, 9.17) is 21.4 Å². The molecule has 0 aromatic carbocycles. The van der Waals surface area contributed by atoms with E-state index in [0.717, 1.165) is 18.4 Å². The van der Waals surface area contributed by atoms with Crippen LogP contribution in [0.1, 0.15) is 36.0 Å². The molecule has 0 aliphatic heterocycles. The number of nitrogens with zero attached hydrogens (tertiary/aromatic N) is 3. The molecule has 2 aromatic heterocycles. The highest BCUT2D eigenvalue weighted by Crippen LogP contribution is 2.49. The van der Waals surface area contributed by atoms with Gasteiger partial charge in [0.05, 0.1) is 12.2 Å². The van der Waals surface area contributed by atoms with Crippen LogP contribution in [0.5, 0.6) is 5.88 Å². The first-order valence-corrected chi connectivity index (χ1v) is 8.58. The summed E-state index contributed by atoms with van der Waals surface area (Å²) >= 11 is 5.90. The number of aromatic carboxylic acids is 1. The van der Waals surface area contributed by atoms with Gasteiger partial charge in [-0.05, 0) is 55.6 Å². The lowest BCUT2D eigenvalue weighted by Gasteiger charge is -2.14. The third-order valence-electron chi connectivity index (χ3n) is 5.31. The fraction of sp³-hybridized carbons (Fsp3) is 0.471. The lowest BCUT2D eigenvalue weighted by atomic mass is 9.99. The van der Waals surface area contributed by atoms with Gasteiger partial charge < -0.3 is 9.84 Å². The van der Waals surface area contributed by atoms with Crippen LogP contribution in [-0.2, 0) is 0 Å². The van der Waals surface area contributed by atoms with E-state index < -0.39 is 5.97 Å². The summed E-state index contributed by atoms with van der Waals surface area (Å²) in [6, 6.07) is 4.78. The Morgan fingerprint density at radius 1 is 1.25 bits per heavy atom. The highest BCUT2D eigenvalue weighted by atomic mass is 35.5. The predicted octanol–water partition coefficient (Wildman–Crippen LogP) is 3.43. The minimum atomic E-state index is -1.10. The molecule has 0 unspecified atom stereocenters. The minimum Gasteiger partial charge on any atom is -0.478 e. The van der Waals surface area contributed by atoms with E-state index in [1.165, 1.54) is 36.4 Å². The number of carboxylic acids is 1. The average molecular weight is 348 g/mol. The number of rotatable bonds is 5. The van der Waals surface area contributed by atoms with Crippen LogP contribution >= 0.6 is 11.6 Å². The first-order chi connectivity index (χ1) is 11.6. The van der Waals surface area contributed by atoms with E-state index in [2.05, 4.69) is 10.1 Å². The lowest BCUT2D eigenvalue weighted by molar-refractivity contribution is 0.0696. The Balaban J connectivity index is 1.45. The number of hydrogen-bond acceptors (Lipinski definition) is 4. The van der Waals surface area contributed by atoms with Gasteiger partial charge in [0.1, 0.15) is 5.15 Å². The summed E-state index contributed by atoms with van der Waals surface area (Å²) in [6.45, 7) is 0.721. The van der Waals surface area contributed by atoms with Crippen LogP contribution in [-0.4, -0.2) is 32.4 Å². The summed E-state index contributed by atoms with van der Waals surface area (Å²) in [5, 5.41) is 13.3. The molecule has 2 aromatic rings. The lowest BCUT2D eigenvalue weighted by Crippen LogP contribution is -2.16. The number of carboxylic acid groups (broad SMARTS) is 1. The number of carbonyl (C=O) groups is 1. The van der Waals surface area contributed by atoms with E-state index in [1.807, 2.05) is 0 Å². The van der Waals surface area contributed by atoms with Crippen LogP contribution in [0.3, 0.4) is 0 Å². The molecule has 7 heteroatoms. The Morgan fingerprint density at radius 3 is 2.58 bits per heavy atom. The Bertz CT molecular complexity index is 756. The van der Waals surface area contributed by atoms with Gasteiger partial charge in [0.2, 0.25) is 5.88 Å². The minimum absolute atomic E-state index is 0.0271. The van der Waals surface area contributed by atoms with Gasteiger partial charge >= 0.3 is 5.97 Å². The van der Waals surface area contributed by atoms with E-state index in [9.17, 15) is 4.79 Å². The molecule has 6 nitrogen and oxygen atoms in total. The molecule has 0 amide bonds. The molecule has 0 atom stereocenters. The van der Waals surface area contributed by atoms with Crippen molar-refractivity contribution in [2.75, 3.05) is 6.61 Å². The van der Waals surface area contributed by atoms with Gasteiger partial charge in [-0.2, -0.15) is 0 Å². The van der Waals surface area contributed by atoms with Gasteiger partial charge in [-0.25, -0.2) is 14.5 Å². The van der Waals surface area contributed by atoms with Crippen molar-refractivity contribution >= 4 is 17.6 Å². The van der Waals surface area contributed by atoms with Crippen LogP contribution in [0, 0.1) is 17.8 Å². The first-order valence-electron chi connectivity index (χ1n) is 8.20. The molecule has 2 bridgehead atoms. The number of fused-ring (bicyclic) bond motifs is 2. The zero-order valence-corrected chi connectivity index (χ0v) is 13.8. The van der Waals surface area contributed by atoms with Gasteiger partial charge in [0, 0.05) is 12.3 Å². The summed E-state index contributed by atoms with van der Waals surface area (Å²) in [5.74, 6) is 2.22. The first kappa shape index (κ1) is 15.4. The number of aromatic nitrogens is 3. The molecule has 2 fully saturated rings. The van der Waals surface area contributed by atoms with Gasteiger partial charge in [0.15, 0.2) is 5.82 Å². The van der Waals surface area contributed by atoms with Crippen molar-refractivity contribution in [1.82, 2.24) is 14.8 Å². The molecule has 2 aliphatic rings. The molecule has 0 spiro atoms. The maximum absolute atomic E-state index is 11.0. The van der Waals surface area contributed by atoms with Crippen molar-refractivity contribution < 1.29 is 14.6 Å². The fourth-order valence-corrected chi connectivity index (χ4v) is 4.29. The summed E-state index contributed by atoms with van der Waals surface area (Å²) in [5.41, 5.74) is -0.0271. The van der Waals surface area contributed by atoms with E-state index in [-0.39, 0.29) is 10.7 Å². The zero-order chi connectivity index (χ0) is 16.7. The van der Waals surface area contributed by atoms with Gasteiger partial charge in [-0.1, -0.05) is 11.6 Å². The van der Waals surface area contributed by atoms with Crippen molar-refractivity contribution in [3.8, 4) is 11.7 Å². The summed E-state index contributed by atoms with van der Waals surface area (Å²) in [4.78, 5) is 15.1. The maximum atomic E-state index is 11.0. The van der Waals surface area contributed by atoms with Gasteiger partial charge in [-0.15, -0.1) is 5.10 Å². The van der Waals surface area contributed by atoms with E-state index in [1.54, 1.807) is 18.3 Å². The zero-order valence-electron chi connectivity index (χ0n) is 13.1. The highest BCUT2D eigenvalue weighted by Gasteiger charge is 2.41. The van der Waals surface area contributed by atoms with Crippen molar-refractivity contribution in [3.05, 3.63) is 35.1 Å². The van der Waals surface area contributed by atoms with E-state index >= 15 is 0 Å². The Morgan fingerprint density at radius 2 is 1.96 bits per heavy atom. The van der Waals surface area contributed by atoms with Gasteiger partial charge in [0.25, 0.3) is 0 Å². The highest BCUT2D eigenvalue weighted by molar-refractivity contribution is 6.32. The van der Waals surface area contributed by atoms with Crippen molar-refractivity contribution in [3.63, 3.8) is 0 Å². The normalized spacial score (nSPS) is 25.1. The molecule has 4 rings (SSSR count). The van der Waals surface area contributed by atoms with Crippen LogP contribution in [0.25, 0.3) is 5.82 Å². The second-order valence-corrected chi connectivity index (χ2v) is 6.92. The molecule has 0 radical (unpaired) electrons. The quantitative estimate of drug-likeness (QED) is 0.838. The summed E-state index contributed by atoms with van der Waals surface area (Å²) < 4.78 is 7.42. The smallest absolute Gasteiger partial charge is 0.338 e. The molecule has 0 saturated heterocycles. The van der Waals surface area contributed by atoms with Crippen LogP contribution < -0.4 is 4.74 Å². The fourth-order valence-electron chi connectivity index (χ4n) is 4.06. The van der Waals surface area contributed by atoms with Crippen LogP contribution in [0.2, 0.25) is 5.15 Å². The largest absolute Gasteiger partial charge is 0.478 e. The third kappa shape index (κ3) is 2.75. The topological polar surface area (TPSA) is 77.2 Å².